The van der Waals surface area contributed by atoms with Gasteiger partial charge in [0, 0.05) is 5.38 Å². The standard InChI is InChI=1S/C11H13N5O2S/c1-6-5-19-11(13-6)15-9(17)8-14-10(18-16-8)7-3-2-4-12-7/h5,7,12H,2-4H2,1H3,(H,13,15,17). The third-order valence-electron chi connectivity index (χ3n) is 2.84. The maximum atomic E-state index is 11.9. The number of hydrogen-bond acceptors (Lipinski definition) is 7. The van der Waals surface area contributed by atoms with Crippen LogP contribution in [0.2, 0.25) is 0 Å². The highest BCUT2D eigenvalue weighted by atomic mass is 32.1. The molecule has 19 heavy (non-hydrogen) atoms. The summed E-state index contributed by atoms with van der Waals surface area (Å²) in [5.74, 6) is 0.108. The summed E-state index contributed by atoms with van der Waals surface area (Å²) < 4.78 is 5.11. The Hall–Kier alpha value is -1.80. The molecule has 0 spiro atoms. The summed E-state index contributed by atoms with van der Waals surface area (Å²) in [6, 6.07) is 0.0659. The summed E-state index contributed by atoms with van der Waals surface area (Å²) in [6.45, 7) is 2.80. The van der Waals surface area contributed by atoms with Crippen LogP contribution in [0.15, 0.2) is 9.90 Å². The van der Waals surface area contributed by atoms with Crippen LogP contribution in [0.4, 0.5) is 5.13 Å². The van der Waals surface area contributed by atoms with E-state index in [-0.39, 0.29) is 11.9 Å². The van der Waals surface area contributed by atoms with E-state index in [0.29, 0.717) is 11.0 Å². The molecule has 2 N–H and O–H groups in total. The van der Waals surface area contributed by atoms with Gasteiger partial charge in [-0.25, -0.2) is 4.98 Å². The first-order valence-electron chi connectivity index (χ1n) is 6.03. The van der Waals surface area contributed by atoms with Crippen LogP contribution in [0, 0.1) is 6.92 Å². The molecule has 3 rings (SSSR count). The van der Waals surface area contributed by atoms with E-state index in [4.69, 9.17) is 4.52 Å². The number of aryl methyl sites for hydroxylation is 1. The van der Waals surface area contributed by atoms with Crippen molar-refractivity contribution in [2.75, 3.05) is 11.9 Å². The Morgan fingerprint density at radius 2 is 2.47 bits per heavy atom. The molecule has 100 valence electrons. The van der Waals surface area contributed by atoms with Gasteiger partial charge in [0.2, 0.25) is 5.89 Å². The Kier molecular flexibility index (Phi) is 3.26. The molecule has 0 radical (unpaired) electrons. The molecule has 0 bridgehead atoms. The number of carbonyl (C=O) groups is 1. The first-order chi connectivity index (χ1) is 9.22. The average Bonchev–Trinajstić information content (AvgIpc) is 3.08. The van der Waals surface area contributed by atoms with E-state index < -0.39 is 5.91 Å². The first-order valence-corrected chi connectivity index (χ1v) is 6.91. The van der Waals surface area contributed by atoms with E-state index in [1.165, 1.54) is 11.3 Å². The number of rotatable bonds is 3. The number of thiazole rings is 1. The van der Waals surface area contributed by atoms with Gasteiger partial charge in [0.25, 0.3) is 11.7 Å². The number of carbonyl (C=O) groups excluding carboxylic acids is 1. The number of anilines is 1. The molecule has 1 aliphatic heterocycles. The van der Waals surface area contributed by atoms with Gasteiger partial charge >= 0.3 is 0 Å². The number of nitrogens with zero attached hydrogens (tertiary/aromatic N) is 3. The summed E-state index contributed by atoms with van der Waals surface area (Å²) in [5.41, 5.74) is 0.865. The van der Waals surface area contributed by atoms with Gasteiger partial charge in [-0.3, -0.25) is 10.1 Å². The first kappa shape index (κ1) is 12.2. The maximum Gasteiger partial charge on any atom is 0.298 e. The summed E-state index contributed by atoms with van der Waals surface area (Å²) in [6.07, 6.45) is 2.03. The molecule has 1 atom stereocenters. The number of hydrogen-bond donors (Lipinski definition) is 2. The third-order valence-corrected chi connectivity index (χ3v) is 3.72. The molecule has 1 unspecified atom stereocenters. The van der Waals surface area contributed by atoms with Crippen molar-refractivity contribution in [2.24, 2.45) is 0 Å². The minimum absolute atomic E-state index is 0.0385. The Labute approximate surface area is 113 Å². The quantitative estimate of drug-likeness (QED) is 0.884. The highest BCUT2D eigenvalue weighted by Gasteiger charge is 2.24. The molecule has 0 aliphatic carbocycles. The van der Waals surface area contributed by atoms with Crippen molar-refractivity contribution in [1.29, 1.82) is 0 Å². The summed E-state index contributed by atoms with van der Waals surface area (Å²) in [7, 11) is 0. The van der Waals surface area contributed by atoms with E-state index >= 15 is 0 Å². The van der Waals surface area contributed by atoms with Crippen LogP contribution < -0.4 is 10.6 Å². The number of aromatic nitrogens is 3. The zero-order valence-corrected chi connectivity index (χ0v) is 11.2. The second-order valence-corrected chi connectivity index (χ2v) is 5.21. The van der Waals surface area contributed by atoms with Crippen LogP contribution in [0.1, 0.15) is 41.1 Å². The molecule has 1 saturated heterocycles. The fourth-order valence-corrected chi connectivity index (χ4v) is 2.61. The van der Waals surface area contributed by atoms with Crippen LogP contribution in [-0.2, 0) is 0 Å². The van der Waals surface area contributed by atoms with E-state index in [1.54, 1.807) is 0 Å². The topological polar surface area (TPSA) is 92.9 Å². The van der Waals surface area contributed by atoms with E-state index in [9.17, 15) is 4.79 Å². The maximum absolute atomic E-state index is 11.9. The molecule has 7 nitrogen and oxygen atoms in total. The largest absolute Gasteiger partial charge is 0.337 e. The lowest BCUT2D eigenvalue weighted by Crippen LogP contribution is -2.15. The molecule has 8 heteroatoms. The molecule has 2 aromatic heterocycles. The Morgan fingerprint density at radius 3 is 3.16 bits per heavy atom. The number of nitrogens with one attached hydrogen (secondary N) is 2. The lowest BCUT2D eigenvalue weighted by molar-refractivity contribution is 0.101. The lowest BCUT2D eigenvalue weighted by atomic mass is 10.2. The summed E-state index contributed by atoms with van der Waals surface area (Å²) in [5, 5.41) is 12.0. The summed E-state index contributed by atoms with van der Waals surface area (Å²) in [4.78, 5) is 20.2. The van der Waals surface area contributed by atoms with Gasteiger partial charge in [0.15, 0.2) is 5.13 Å². The van der Waals surface area contributed by atoms with Crippen molar-refractivity contribution in [3.63, 3.8) is 0 Å². The molecule has 1 aliphatic rings. The molecular weight excluding hydrogens is 266 g/mol. The highest BCUT2D eigenvalue weighted by molar-refractivity contribution is 7.13. The summed E-state index contributed by atoms with van der Waals surface area (Å²) >= 11 is 1.36. The van der Waals surface area contributed by atoms with Gasteiger partial charge in [0.1, 0.15) is 0 Å². The smallest absolute Gasteiger partial charge is 0.298 e. The van der Waals surface area contributed by atoms with Crippen molar-refractivity contribution in [1.82, 2.24) is 20.4 Å². The highest BCUT2D eigenvalue weighted by Crippen LogP contribution is 2.21. The predicted molar refractivity (Wildman–Crippen MR) is 69.1 cm³/mol. The molecule has 2 aromatic rings. The molecule has 1 amide bonds. The van der Waals surface area contributed by atoms with E-state index in [0.717, 1.165) is 25.1 Å². The Balaban J connectivity index is 1.69. The lowest BCUT2D eigenvalue weighted by Gasteiger charge is -2.01. The van der Waals surface area contributed by atoms with Crippen molar-refractivity contribution in [3.8, 4) is 0 Å². The molecule has 1 fully saturated rings. The molecular formula is C11H13N5O2S. The molecule has 3 heterocycles. The zero-order valence-electron chi connectivity index (χ0n) is 10.3. The third kappa shape index (κ3) is 2.64. The van der Waals surface area contributed by atoms with Gasteiger partial charge in [-0.2, -0.15) is 4.98 Å². The second-order valence-electron chi connectivity index (χ2n) is 4.35. The molecule has 0 saturated carbocycles. The monoisotopic (exact) mass is 279 g/mol. The average molecular weight is 279 g/mol. The Bertz CT molecular complexity index is 587. The zero-order chi connectivity index (χ0) is 13.2. The fraction of sp³-hybridized carbons (Fsp3) is 0.455. The van der Waals surface area contributed by atoms with Gasteiger partial charge in [0.05, 0.1) is 11.7 Å². The van der Waals surface area contributed by atoms with E-state index in [2.05, 4.69) is 25.8 Å². The Morgan fingerprint density at radius 1 is 1.58 bits per heavy atom. The van der Waals surface area contributed by atoms with Gasteiger partial charge in [-0.05, 0) is 26.3 Å². The molecule has 0 aromatic carbocycles. The van der Waals surface area contributed by atoms with Crippen molar-refractivity contribution < 1.29 is 9.32 Å². The van der Waals surface area contributed by atoms with Crippen molar-refractivity contribution >= 4 is 22.4 Å². The van der Waals surface area contributed by atoms with E-state index in [1.807, 2.05) is 12.3 Å². The van der Waals surface area contributed by atoms with Gasteiger partial charge < -0.3 is 9.84 Å². The van der Waals surface area contributed by atoms with Crippen molar-refractivity contribution in [3.05, 3.63) is 22.8 Å². The predicted octanol–water partition coefficient (Wildman–Crippen LogP) is 1.51. The number of amides is 1. The second kappa shape index (κ2) is 5.06. The normalized spacial score (nSPS) is 18.7. The SMILES string of the molecule is Cc1csc(NC(=O)c2noc(C3CCCN3)n2)n1. The van der Waals surface area contributed by atoms with Crippen LogP contribution in [0.3, 0.4) is 0 Å². The van der Waals surface area contributed by atoms with Crippen LogP contribution >= 0.6 is 11.3 Å². The van der Waals surface area contributed by atoms with Crippen LogP contribution in [-0.4, -0.2) is 27.6 Å². The van der Waals surface area contributed by atoms with Crippen molar-refractivity contribution in [2.45, 2.75) is 25.8 Å². The minimum Gasteiger partial charge on any atom is -0.337 e. The van der Waals surface area contributed by atoms with Crippen LogP contribution in [0.5, 0.6) is 0 Å². The van der Waals surface area contributed by atoms with Crippen LogP contribution in [0.25, 0.3) is 0 Å². The van der Waals surface area contributed by atoms with Gasteiger partial charge in [-0.1, -0.05) is 5.16 Å². The van der Waals surface area contributed by atoms with Gasteiger partial charge in [-0.15, -0.1) is 11.3 Å². The fourth-order valence-electron chi connectivity index (χ4n) is 1.93. The minimum atomic E-state index is -0.401.